The van der Waals surface area contributed by atoms with E-state index in [1.807, 2.05) is 24.3 Å². The summed E-state index contributed by atoms with van der Waals surface area (Å²) in [5.74, 6) is 0.395. The number of H-pyrrole nitrogens is 1. The molecule has 1 atom stereocenters. The largest absolute Gasteiger partial charge is 0.353 e. The fraction of sp³-hybridized carbons (Fsp3) is 0.421. The Bertz CT molecular complexity index is 704. The Morgan fingerprint density at radius 3 is 2.42 bits per heavy atom. The summed E-state index contributed by atoms with van der Waals surface area (Å²) < 4.78 is 13.2. The summed E-state index contributed by atoms with van der Waals surface area (Å²) in [7, 11) is 5.57. The molecule has 0 aliphatic heterocycles. The van der Waals surface area contributed by atoms with E-state index in [0.717, 1.165) is 17.8 Å². The molecule has 0 radical (unpaired) electrons. The number of halogens is 1. The number of nitrogens with zero attached hydrogens (tertiary/aromatic N) is 2. The van der Waals surface area contributed by atoms with Crippen LogP contribution in [0, 0.1) is 11.7 Å². The second-order valence-corrected chi connectivity index (χ2v) is 6.85. The number of nitrogens with one attached hydrogen (secondary N) is 1. The summed E-state index contributed by atoms with van der Waals surface area (Å²) in [5, 5.41) is 0. The Morgan fingerprint density at radius 2 is 1.83 bits per heavy atom. The summed E-state index contributed by atoms with van der Waals surface area (Å²) in [6.07, 6.45) is 2.42. The average Bonchev–Trinajstić information content (AvgIpc) is 3.27. The van der Waals surface area contributed by atoms with E-state index < -0.39 is 0 Å². The first-order chi connectivity index (χ1) is 11.5. The zero-order valence-corrected chi connectivity index (χ0v) is 14.4. The molecule has 1 aromatic heterocycles. The highest BCUT2D eigenvalue weighted by atomic mass is 19.1. The molecule has 1 heterocycles. The average molecular weight is 329 g/mol. The number of carbonyl (C=O) groups excluding carboxylic acids is 1. The van der Waals surface area contributed by atoms with E-state index >= 15 is 0 Å². The first-order valence-electron chi connectivity index (χ1n) is 8.31. The van der Waals surface area contributed by atoms with E-state index in [1.165, 1.54) is 25.0 Å². The van der Waals surface area contributed by atoms with E-state index in [4.69, 9.17) is 0 Å². The molecule has 2 aromatic rings. The molecule has 0 spiro atoms. The molecule has 0 unspecified atom stereocenters. The number of hydrogen-bond acceptors (Lipinski definition) is 2. The van der Waals surface area contributed by atoms with Gasteiger partial charge in [0.1, 0.15) is 11.5 Å². The standard InChI is InChI=1S/C19H24FN3O/c1-22(2)19(24)17-11-10-16(21-17)12-23(3)18(13-4-5-13)14-6-8-15(20)9-7-14/h6-11,13,18,21H,4-5,12H2,1-3H3/t18-/m0/s1. The monoisotopic (exact) mass is 329 g/mol. The summed E-state index contributed by atoms with van der Waals surface area (Å²) in [4.78, 5) is 19.0. The second kappa shape index (κ2) is 6.77. The summed E-state index contributed by atoms with van der Waals surface area (Å²) in [6, 6.07) is 10.9. The van der Waals surface area contributed by atoms with E-state index in [-0.39, 0.29) is 17.8 Å². The lowest BCUT2D eigenvalue weighted by atomic mass is 10.0. The van der Waals surface area contributed by atoms with Crippen molar-refractivity contribution in [2.24, 2.45) is 5.92 Å². The van der Waals surface area contributed by atoms with Crippen molar-refractivity contribution in [1.82, 2.24) is 14.8 Å². The maximum absolute atomic E-state index is 13.2. The van der Waals surface area contributed by atoms with E-state index in [9.17, 15) is 9.18 Å². The molecule has 1 N–H and O–H groups in total. The molecule has 1 amide bonds. The predicted molar refractivity (Wildman–Crippen MR) is 92.1 cm³/mol. The smallest absolute Gasteiger partial charge is 0.269 e. The molecule has 1 fully saturated rings. The van der Waals surface area contributed by atoms with Gasteiger partial charge in [-0.25, -0.2) is 4.39 Å². The molecule has 0 bridgehead atoms. The first kappa shape index (κ1) is 16.7. The van der Waals surface area contributed by atoms with Crippen LogP contribution in [0.4, 0.5) is 4.39 Å². The minimum Gasteiger partial charge on any atom is -0.353 e. The third-order valence-corrected chi connectivity index (χ3v) is 4.56. The molecule has 4 nitrogen and oxygen atoms in total. The Hall–Kier alpha value is -2.14. The minimum atomic E-state index is -0.202. The topological polar surface area (TPSA) is 39.3 Å². The number of benzene rings is 1. The summed E-state index contributed by atoms with van der Waals surface area (Å²) >= 11 is 0. The van der Waals surface area contributed by atoms with Gasteiger partial charge in [0, 0.05) is 32.4 Å². The summed E-state index contributed by atoms with van der Waals surface area (Å²) in [5.41, 5.74) is 2.76. The van der Waals surface area contributed by atoms with Crippen LogP contribution in [0.25, 0.3) is 0 Å². The molecule has 1 aliphatic carbocycles. The third kappa shape index (κ3) is 3.67. The molecule has 128 valence electrons. The van der Waals surface area contributed by atoms with Crippen LogP contribution in [-0.4, -0.2) is 41.8 Å². The van der Waals surface area contributed by atoms with Crippen LogP contribution in [-0.2, 0) is 6.54 Å². The Morgan fingerprint density at radius 1 is 1.17 bits per heavy atom. The van der Waals surface area contributed by atoms with Gasteiger partial charge in [0.05, 0.1) is 0 Å². The molecule has 1 aromatic carbocycles. The SMILES string of the molecule is CN(C)C(=O)c1ccc(CN(C)[C@H](c2ccc(F)cc2)C2CC2)[nH]1. The Labute approximate surface area is 142 Å². The number of hydrogen-bond donors (Lipinski definition) is 1. The van der Waals surface area contributed by atoms with Crippen LogP contribution in [0.3, 0.4) is 0 Å². The van der Waals surface area contributed by atoms with Gasteiger partial charge in [-0.05, 0) is 55.6 Å². The van der Waals surface area contributed by atoms with Crippen molar-refractivity contribution in [2.75, 3.05) is 21.1 Å². The highest BCUT2D eigenvalue weighted by Crippen LogP contribution is 2.44. The number of amides is 1. The zero-order valence-electron chi connectivity index (χ0n) is 14.4. The normalized spacial score (nSPS) is 15.5. The predicted octanol–water partition coefficient (Wildman–Crippen LogP) is 3.44. The van der Waals surface area contributed by atoms with Gasteiger partial charge in [0.25, 0.3) is 5.91 Å². The van der Waals surface area contributed by atoms with Crippen LogP contribution in [0.2, 0.25) is 0 Å². The molecular formula is C19H24FN3O. The van der Waals surface area contributed by atoms with E-state index in [1.54, 1.807) is 19.0 Å². The van der Waals surface area contributed by atoms with Crippen LogP contribution >= 0.6 is 0 Å². The van der Waals surface area contributed by atoms with Crippen molar-refractivity contribution in [1.29, 1.82) is 0 Å². The van der Waals surface area contributed by atoms with Crippen molar-refractivity contribution in [3.05, 3.63) is 59.2 Å². The van der Waals surface area contributed by atoms with Crippen molar-refractivity contribution in [2.45, 2.75) is 25.4 Å². The quantitative estimate of drug-likeness (QED) is 0.882. The molecular weight excluding hydrogens is 305 g/mol. The molecule has 0 saturated heterocycles. The van der Waals surface area contributed by atoms with Crippen LogP contribution in [0.15, 0.2) is 36.4 Å². The number of aromatic amines is 1. The van der Waals surface area contributed by atoms with Crippen molar-refractivity contribution < 1.29 is 9.18 Å². The highest BCUT2D eigenvalue weighted by molar-refractivity contribution is 5.92. The lowest BCUT2D eigenvalue weighted by molar-refractivity contribution is 0.0822. The Kier molecular flexibility index (Phi) is 4.71. The zero-order chi connectivity index (χ0) is 17.3. The van der Waals surface area contributed by atoms with Crippen molar-refractivity contribution in [3.63, 3.8) is 0 Å². The van der Waals surface area contributed by atoms with Gasteiger partial charge < -0.3 is 9.88 Å². The lowest BCUT2D eigenvalue weighted by Gasteiger charge is -2.28. The maximum Gasteiger partial charge on any atom is 0.269 e. The molecule has 1 aliphatic rings. The number of rotatable bonds is 6. The van der Waals surface area contributed by atoms with E-state index in [0.29, 0.717) is 11.6 Å². The molecule has 5 heteroatoms. The van der Waals surface area contributed by atoms with Crippen molar-refractivity contribution in [3.8, 4) is 0 Å². The first-order valence-corrected chi connectivity index (χ1v) is 8.31. The fourth-order valence-electron chi connectivity index (χ4n) is 3.22. The van der Waals surface area contributed by atoms with Crippen LogP contribution in [0.1, 0.15) is 40.6 Å². The minimum absolute atomic E-state index is 0.0267. The van der Waals surface area contributed by atoms with Gasteiger partial charge >= 0.3 is 0 Å². The second-order valence-electron chi connectivity index (χ2n) is 6.85. The molecule has 1 saturated carbocycles. The summed E-state index contributed by atoms with van der Waals surface area (Å²) in [6.45, 7) is 0.721. The highest BCUT2D eigenvalue weighted by Gasteiger charge is 2.35. The van der Waals surface area contributed by atoms with Crippen LogP contribution in [0.5, 0.6) is 0 Å². The van der Waals surface area contributed by atoms with E-state index in [2.05, 4.69) is 16.9 Å². The maximum atomic E-state index is 13.2. The van der Waals surface area contributed by atoms with Crippen LogP contribution < -0.4 is 0 Å². The number of aromatic nitrogens is 1. The van der Waals surface area contributed by atoms with Gasteiger partial charge in [0.2, 0.25) is 0 Å². The van der Waals surface area contributed by atoms with Crippen molar-refractivity contribution >= 4 is 5.91 Å². The fourth-order valence-corrected chi connectivity index (χ4v) is 3.22. The van der Waals surface area contributed by atoms with Gasteiger partial charge in [0.15, 0.2) is 0 Å². The molecule has 24 heavy (non-hydrogen) atoms. The Balaban J connectivity index is 1.73. The lowest BCUT2D eigenvalue weighted by Crippen LogP contribution is -2.26. The molecule has 3 rings (SSSR count). The van der Waals surface area contributed by atoms with Gasteiger partial charge in [-0.2, -0.15) is 0 Å². The number of carbonyl (C=O) groups is 1. The van der Waals surface area contributed by atoms with Gasteiger partial charge in [-0.1, -0.05) is 12.1 Å². The van der Waals surface area contributed by atoms with Gasteiger partial charge in [-0.15, -0.1) is 0 Å². The van der Waals surface area contributed by atoms with Gasteiger partial charge in [-0.3, -0.25) is 9.69 Å². The third-order valence-electron chi connectivity index (χ3n) is 4.56.